The van der Waals surface area contributed by atoms with Gasteiger partial charge in [0, 0.05) is 16.9 Å². The van der Waals surface area contributed by atoms with Gasteiger partial charge in [0.1, 0.15) is 6.54 Å². The topological polar surface area (TPSA) is 92.5 Å². The van der Waals surface area contributed by atoms with Gasteiger partial charge in [-0.15, -0.1) is 0 Å². The van der Waals surface area contributed by atoms with Crippen LogP contribution in [0, 0.1) is 11.8 Å². The number of hydrogen-bond acceptors (Lipinski definition) is 4. The van der Waals surface area contributed by atoms with Crippen molar-refractivity contribution in [2.75, 3.05) is 17.6 Å². The largest absolute Gasteiger partial charge is 0.397 e. The standard InChI is InChI=1S/C14H16ClN3O3/c1-7-8(2)14(21)18(13(7)20)6-12(19)17-11-4-3-9(15)5-10(11)16/h3-5,7-8H,6,16H2,1-2H3,(H,17,19). The molecule has 0 aliphatic carbocycles. The number of hydrogen-bond donors (Lipinski definition) is 2. The van der Waals surface area contributed by atoms with Crippen LogP contribution in [0.3, 0.4) is 0 Å². The number of nitrogens with two attached hydrogens (primary N) is 1. The van der Waals surface area contributed by atoms with E-state index < -0.39 is 17.7 Å². The Hall–Kier alpha value is -2.08. The molecule has 0 bridgehead atoms. The summed E-state index contributed by atoms with van der Waals surface area (Å²) in [5, 5.41) is 3.02. The van der Waals surface area contributed by atoms with Gasteiger partial charge in [0.05, 0.1) is 11.4 Å². The summed E-state index contributed by atoms with van der Waals surface area (Å²) in [6, 6.07) is 4.66. The van der Waals surface area contributed by atoms with Crippen molar-refractivity contribution in [1.29, 1.82) is 0 Å². The first-order chi connectivity index (χ1) is 9.81. The van der Waals surface area contributed by atoms with Crippen LogP contribution in [0.15, 0.2) is 18.2 Å². The van der Waals surface area contributed by atoms with E-state index in [1.165, 1.54) is 6.07 Å². The first-order valence-electron chi connectivity index (χ1n) is 6.51. The van der Waals surface area contributed by atoms with E-state index in [4.69, 9.17) is 17.3 Å². The van der Waals surface area contributed by atoms with E-state index in [0.717, 1.165) is 4.90 Å². The highest BCUT2D eigenvalue weighted by Crippen LogP contribution is 2.26. The number of nitrogens with one attached hydrogen (secondary N) is 1. The van der Waals surface area contributed by atoms with E-state index in [0.29, 0.717) is 16.4 Å². The van der Waals surface area contributed by atoms with Crippen LogP contribution < -0.4 is 11.1 Å². The number of benzene rings is 1. The number of nitrogen functional groups attached to an aromatic ring is 1. The Bertz CT molecular complexity index is 597. The second-order valence-electron chi connectivity index (χ2n) is 5.12. The first-order valence-corrected chi connectivity index (χ1v) is 6.89. The molecular weight excluding hydrogens is 294 g/mol. The summed E-state index contributed by atoms with van der Waals surface area (Å²) in [5.74, 6) is -1.93. The molecule has 0 radical (unpaired) electrons. The minimum atomic E-state index is -0.480. The third kappa shape index (κ3) is 3.00. The quantitative estimate of drug-likeness (QED) is 0.653. The third-order valence-corrected chi connectivity index (χ3v) is 3.89. The van der Waals surface area contributed by atoms with E-state index in [-0.39, 0.29) is 18.4 Å². The van der Waals surface area contributed by atoms with Crippen LogP contribution in [-0.4, -0.2) is 29.2 Å². The summed E-state index contributed by atoms with van der Waals surface area (Å²) in [6.07, 6.45) is 0. The van der Waals surface area contributed by atoms with Gasteiger partial charge in [-0.1, -0.05) is 25.4 Å². The number of rotatable bonds is 3. The maximum absolute atomic E-state index is 12.0. The van der Waals surface area contributed by atoms with Crippen molar-refractivity contribution in [3.63, 3.8) is 0 Å². The highest BCUT2D eigenvalue weighted by atomic mass is 35.5. The van der Waals surface area contributed by atoms with Gasteiger partial charge in [-0.2, -0.15) is 0 Å². The Labute approximate surface area is 127 Å². The Morgan fingerprint density at radius 1 is 1.29 bits per heavy atom. The molecule has 1 saturated heterocycles. The average molecular weight is 310 g/mol. The molecule has 1 aromatic rings. The molecule has 2 rings (SSSR count). The number of anilines is 2. The lowest BCUT2D eigenvalue weighted by Crippen LogP contribution is -2.38. The van der Waals surface area contributed by atoms with E-state index in [1.54, 1.807) is 26.0 Å². The second kappa shape index (κ2) is 5.73. The van der Waals surface area contributed by atoms with Gasteiger partial charge in [-0.3, -0.25) is 19.3 Å². The lowest BCUT2D eigenvalue weighted by atomic mass is 10.00. The maximum atomic E-state index is 12.0. The van der Waals surface area contributed by atoms with Crippen molar-refractivity contribution >= 4 is 40.7 Å². The SMILES string of the molecule is CC1C(=O)N(CC(=O)Nc2ccc(Cl)cc2N)C(=O)C1C. The molecule has 0 spiro atoms. The molecule has 2 atom stereocenters. The Morgan fingerprint density at radius 2 is 1.86 bits per heavy atom. The Kier molecular flexibility index (Phi) is 4.18. The predicted octanol–water partition coefficient (Wildman–Crippen LogP) is 1.50. The zero-order valence-corrected chi connectivity index (χ0v) is 12.5. The number of amides is 3. The van der Waals surface area contributed by atoms with Crippen LogP contribution in [-0.2, 0) is 14.4 Å². The number of nitrogens with zero attached hydrogens (tertiary/aromatic N) is 1. The molecule has 1 heterocycles. The van der Waals surface area contributed by atoms with E-state index in [2.05, 4.69) is 5.32 Å². The van der Waals surface area contributed by atoms with E-state index in [9.17, 15) is 14.4 Å². The predicted molar refractivity (Wildman–Crippen MR) is 79.5 cm³/mol. The number of likely N-dealkylation sites (tertiary alicyclic amines) is 1. The van der Waals surface area contributed by atoms with Crippen molar-refractivity contribution in [2.45, 2.75) is 13.8 Å². The molecule has 3 amide bonds. The fraction of sp³-hybridized carbons (Fsp3) is 0.357. The highest BCUT2D eigenvalue weighted by molar-refractivity contribution is 6.31. The fourth-order valence-corrected chi connectivity index (χ4v) is 2.35. The van der Waals surface area contributed by atoms with Gasteiger partial charge in [-0.25, -0.2) is 0 Å². The summed E-state index contributed by atoms with van der Waals surface area (Å²) in [5.41, 5.74) is 6.44. The van der Waals surface area contributed by atoms with Crippen molar-refractivity contribution in [3.8, 4) is 0 Å². The summed E-state index contributed by atoms with van der Waals surface area (Å²) in [4.78, 5) is 36.8. The molecule has 3 N–H and O–H groups in total. The molecule has 0 saturated carbocycles. The van der Waals surface area contributed by atoms with Gasteiger partial charge in [0.2, 0.25) is 17.7 Å². The van der Waals surface area contributed by atoms with Crippen LogP contribution in [0.5, 0.6) is 0 Å². The molecule has 0 aromatic heterocycles. The average Bonchev–Trinajstić information content (AvgIpc) is 2.60. The van der Waals surface area contributed by atoms with Crippen LogP contribution in [0.1, 0.15) is 13.8 Å². The minimum Gasteiger partial charge on any atom is -0.397 e. The van der Waals surface area contributed by atoms with Gasteiger partial charge in [0.25, 0.3) is 0 Å². The summed E-state index contributed by atoms with van der Waals surface area (Å²) in [7, 11) is 0. The van der Waals surface area contributed by atoms with Gasteiger partial charge in [0.15, 0.2) is 0 Å². The normalized spacial score (nSPS) is 21.8. The Morgan fingerprint density at radius 3 is 2.38 bits per heavy atom. The first kappa shape index (κ1) is 15.3. The summed E-state index contributed by atoms with van der Waals surface area (Å²) < 4.78 is 0. The third-order valence-electron chi connectivity index (χ3n) is 3.65. The van der Waals surface area contributed by atoms with Crippen molar-refractivity contribution in [3.05, 3.63) is 23.2 Å². The van der Waals surface area contributed by atoms with Crippen molar-refractivity contribution in [1.82, 2.24) is 4.90 Å². The van der Waals surface area contributed by atoms with Crippen LogP contribution in [0.25, 0.3) is 0 Å². The number of carbonyl (C=O) groups excluding carboxylic acids is 3. The summed E-state index contributed by atoms with van der Waals surface area (Å²) >= 11 is 5.77. The number of carbonyl (C=O) groups is 3. The fourth-order valence-electron chi connectivity index (χ4n) is 2.16. The molecule has 7 heteroatoms. The second-order valence-corrected chi connectivity index (χ2v) is 5.56. The molecule has 1 fully saturated rings. The van der Waals surface area contributed by atoms with Crippen molar-refractivity contribution < 1.29 is 14.4 Å². The molecule has 2 unspecified atom stereocenters. The van der Waals surface area contributed by atoms with Crippen molar-refractivity contribution in [2.24, 2.45) is 11.8 Å². The molecule has 112 valence electrons. The Balaban J connectivity index is 2.05. The molecular formula is C14H16ClN3O3. The molecule has 6 nitrogen and oxygen atoms in total. The van der Waals surface area contributed by atoms with Gasteiger partial charge in [-0.05, 0) is 18.2 Å². The molecule has 1 aliphatic rings. The number of halogens is 1. The zero-order valence-electron chi connectivity index (χ0n) is 11.7. The zero-order chi connectivity index (χ0) is 15.7. The summed E-state index contributed by atoms with van der Waals surface area (Å²) in [6.45, 7) is 3.05. The van der Waals surface area contributed by atoms with Gasteiger partial charge >= 0.3 is 0 Å². The highest BCUT2D eigenvalue weighted by Gasteiger charge is 2.42. The van der Waals surface area contributed by atoms with Crippen LogP contribution >= 0.6 is 11.6 Å². The minimum absolute atomic E-state index is 0.311. The van der Waals surface area contributed by atoms with Crippen LogP contribution in [0.4, 0.5) is 11.4 Å². The molecule has 21 heavy (non-hydrogen) atoms. The monoisotopic (exact) mass is 309 g/mol. The van der Waals surface area contributed by atoms with Gasteiger partial charge < -0.3 is 11.1 Å². The number of imide groups is 1. The smallest absolute Gasteiger partial charge is 0.244 e. The van der Waals surface area contributed by atoms with Crippen LogP contribution in [0.2, 0.25) is 5.02 Å². The maximum Gasteiger partial charge on any atom is 0.244 e. The lowest BCUT2D eigenvalue weighted by Gasteiger charge is -2.15. The molecule has 1 aliphatic heterocycles. The lowest BCUT2D eigenvalue weighted by molar-refractivity contribution is -0.142. The molecule has 1 aromatic carbocycles. The van der Waals surface area contributed by atoms with E-state index in [1.807, 2.05) is 0 Å². The van der Waals surface area contributed by atoms with E-state index >= 15 is 0 Å².